The molecule has 0 aliphatic carbocycles. The highest BCUT2D eigenvalue weighted by molar-refractivity contribution is 6.41. The van der Waals surface area contributed by atoms with Crippen molar-refractivity contribution in [2.24, 2.45) is 0 Å². The number of pyridine rings is 1. The zero-order chi connectivity index (χ0) is 28.6. The average molecular weight is 577 g/mol. The Morgan fingerprint density at radius 2 is 1.75 bits per heavy atom. The smallest absolute Gasteiger partial charge is 0.247 e. The number of nitrogens with zero attached hydrogens (tertiary/aromatic N) is 4. The van der Waals surface area contributed by atoms with E-state index in [9.17, 15) is 4.79 Å². The fraction of sp³-hybridized carbons (Fsp3) is 0.172. The number of ether oxygens (including phenoxy) is 2. The Bertz CT molecular complexity index is 1760. The van der Waals surface area contributed by atoms with E-state index in [4.69, 9.17) is 37.7 Å². The van der Waals surface area contributed by atoms with Crippen LogP contribution in [0.4, 0.5) is 17.3 Å². The van der Waals surface area contributed by atoms with Gasteiger partial charge in [0.05, 0.1) is 35.6 Å². The van der Waals surface area contributed by atoms with Gasteiger partial charge < -0.3 is 20.1 Å². The number of aromatic nitrogens is 4. The van der Waals surface area contributed by atoms with Crippen molar-refractivity contribution in [3.63, 3.8) is 0 Å². The maximum absolute atomic E-state index is 12.1. The molecule has 2 N–H and O–H groups in total. The molecule has 11 heteroatoms. The number of hydrogen-bond acceptors (Lipinski definition) is 7. The molecule has 0 aliphatic heterocycles. The molecule has 40 heavy (non-hydrogen) atoms. The molecule has 5 aromatic rings. The molecule has 0 unspecified atom stereocenters. The molecule has 0 spiro atoms. The quantitative estimate of drug-likeness (QED) is 0.187. The maximum atomic E-state index is 12.1. The number of rotatable bonds is 8. The molecule has 3 aromatic heterocycles. The highest BCUT2D eigenvalue weighted by atomic mass is 35.5. The molecule has 0 saturated carbocycles. The highest BCUT2D eigenvalue weighted by Crippen LogP contribution is 2.47. The normalized spacial score (nSPS) is 11.2. The van der Waals surface area contributed by atoms with Crippen LogP contribution in [-0.2, 0) is 4.79 Å². The molecule has 0 aliphatic rings. The molecule has 5 rings (SSSR count). The van der Waals surface area contributed by atoms with Crippen LogP contribution in [0, 0.1) is 0 Å². The summed E-state index contributed by atoms with van der Waals surface area (Å²) in [4.78, 5) is 26.0. The number of carbonyl (C=O) groups is 1. The van der Waals surface area contributed by atoms with Crippen molar-refractivity contribution in [3.8, 4) is 22.6 Å². The summed E-state index contributed by atoms with van der Waals surface area (Å²) in [5, 5.41) is 7.47. The molecule has 0 radical (unpaired) electrons. The van der Waals surface area contributed by atoms with Gasteiger partial charge in [-0.1, -0.05) is 49.7 Å². The van der Waals surface area contributed by atoms with Crippen molar-refractivity contribution >= 4 is 63.1 Å². The second-order valence-corrected chi connectivity index (χ2v) is 9.97. The molecule has 204 valence electrons. The number of halogens is 2. The second-order valence-electron chi connectivity index (χ2n) is 9.21. The molecule has 2 aromatic carbocycles. The molecular formula is C29H26Cl2N6O3. The predicted molar refractivity (Wildman–Crippen MR) is 159 cm³/mol. The van der Waals surface area contributed by atoms with Crippen LogP contribution in [0.5, 0.6) is 11.5 Å². The first-order valence-electron chi connectivity index (χ1n) is 12.3. The lowest BCUT2D eigenvalue weighted by atomic mass is 10.0. The SMILES string of the molecule is C=CC(=O)Nc1cc(C(C)C)ccc1Nc1ncc2cc(-c3c(Cl)c(OC)cc(OC)c3Cl)c3nccn3c2n1. The molecule has 9 nitrogen and oxygen atoms in total. The van der Waals surface area contributed by atoms with Gasteiger partial charge in [0.15, 0.2) is 5.65 Å². The van der Waals surface area contributed by atoms with Crippen molar-refractivity contribution in [1.82, 2.24) is 19.4 Å². The van der Waals surface area contributed by atoms with Crippen LogP contribution in [0.2, 0.25) is 10.0 Å². The van der Waals surface area contributed by atoms with Crippen LogP contribution in [0.25, 0.3) is 27.8 Å². The zero-order valence-electron chi connectivity index (χ0n) is 22.3. The standard InChI is InChI=1S/C29H26Cl2N6O3/c1-6-23(38)34-20-12-16(15(2)3)7-8-19(20)35-29-33-14-17-11-18(28-32-9-10-37(28)27(17)36-29)24-25(30)21(39-4)13-22(40-5)26(24)31/h6-15H,1H2,2-5H3,(H,34,38)(H,33,35,36). The Morgan fingerprint density at radius 3 is 2.40 bits per heavy atom. The van der Waals surface area contributed by atoms with E-state index in [1.165, 1.54) is 20.3 Å². The fourth-order valence-electron chi connectivity index (χ4n) is 4.37. The molecule has 0 saturated heterocycles. The zero-order valence-corrected chi connectivity index (χ0v) is 23.8. The first-order valence-corrected chi connectivity index (χ1v) is 13.1. The number of benzene rings is 2. The third kappa shape index (κ3) is 4.89. The van der Waals surface area contributed by atoms with Gasteiger partial charge in [0, 0.05) is 41.2 Å². The number of imidazole rings is 1. The van der Waals surface area contributed by atoms with Crippen LogP contribution in [0.3, 0.4) is 0 Å². The Kier molecular flexibility index (Phi) is 7.51. The third-order valence-corrected chi connectivity index (χ3v) is 7.20. The van der Waals surface area contributed by atoms with E-state index in [1.807, 2.05) is 28.7 Å². The lowest BCUT2D eigenvalue weighted by Crippen LogP contribution is -2.10. The molecule has 0 bridgehead atoms. The number of nitrogens with one attached hydrogen (secondary N) is 2. The van der Waals surface area contributed by atoms with Gasteiger partial charge in [-0.15, -0.1) is 0 Å². The molecule has 0 atom stereocenters. The van der Waals surface area contributed by atoms with Gasteiger partial charge in [-0.3, -0.25) is 9.20 Å². The van der Waals surface area contributed by atoms with Crippen molar-refractivity contribution in [1.29, 1.82) is 0 Å². The van der Waals surface area contributed by atoms with Crippen LogP contribution < -0.4 is 20.1 Å². The van der Waals surface area contributed by atoms with Crippen LogP contribution in [-0.4, -0.2) is 39.5 Å². The summed E-state index contributed by atoms with van der Waals surface area (Å²) in [7, 11) is 3.05. The van der Waals surface area contributed by atoms with Gasteiger partial charge in [0.1, 0.15) is 17.1 Å². The van der Waals surface area contributed by atoms with Gasteiger partial charge in [-0.25, -0.2) is 9.97 Å². The molecule has 3 heterocycles. The molecule has 1 amide bonds. The molecular weight excluding hydrogens is 551 g/mol. The predicted octanol–water partition coefficient (Wildman–Crippen LogP) is 7.26. The summed E-state index contributed by atoms with van der Waals surface area (Å²) in [5.41, 5.74) is 4.67. The van der Waals surface area contributed by atoms with Crippen LogP contribution in [0.1, 0.15) is 25.3 Å². The van der Waals surface area contributed by atoms with Crippen molar-refractivity contribution in [2.75, 3.05) is 24.9 Å². The lowest BCUT2D eigenvalue weighted by Gasteiger charge is -2.17. The second kappa shape index (κ2) is 11.0. The van der Waals surface area contributed by atoms with Crippen LogP contribution >= 0.6 is 23.2 Å². The number of fused-ring (bicyclic) bond motifs is 3. The monoisotopic (exact) mass is 576 g/mol. The van der Waals surface area contributed by atoms with Crippen molar-refractivity contribution in [2.45, 2.75) is 19.8 Å². The lowest BCUT2D eigenvalue weighted by molar-refractivity contribution is -0.111. The van der Waals surface area contributed by atoms with Crippen molar-refractivity contribution < 1.29 is 14.3 Å². The topological polar surface area (TPSA) is 103 Å². The number of hydrogen-bond donors (Lipinski definition) is 2. The summed E-state index contributed by atoms with van der Waals surface area (Å²) < 4.78 is 12.7. The minimum absolute atomic E-state index is 0.278. The fourth-order valence-corrected chi connectivity index (χ4v) is 5.08. The number of amides is 1. The Morgan fingerprint density at radius 1 is 1.02 bits per heavy atom. The number of methoxy groups -OCH3 is 2. The van der Waals surface area contributed by atoms with Gasteiger partial charge in [-0.2, -0.15) is 4.98 Å². The van der Waals surface area contributed by atoms with Crippen molar-refractivity contribution in [3.05, 3.63) is 77.2 Å². The van der Waals surface area contributed by atoms with E-state index in [1.54, 1.807) is 24.7 Å². The van der Waals surface area contributed by atoms with E-state index < -0.39 is 0 Å². The minimum atomic E-state index is -0.317. The summed E-state index contributed by atoms with van der Waals surface area (Å²) in [6, 6.07) is 9.32. The molecule has 0 fully saturated rings. The van der Waals surface area contributed by atoms with E-state index >= 15 is 0 Å². The van der Waals surface area contributed by atoms with E-state index in [2.05, 4.69) is 41.0 Å². The van der Waals surface area contributed by atoms with Crippen LogP contribution in [0.15, 0.2) is 61.6 Å². The minimum Gasteiger partial charge on any atom is -0.495 e. The number of carbonyl (C=O) groups excluding carboxylic acids is 1. The summed E-state index contributed by atoms with van der Waals surface area (Å²) in [5.74, 6) is 1.13. The summed E-state index contributed by atoms with van der Waals surface area (Å²) in [6.45, 7) is 7.72. The Hall–Kier alpha value is -4.34. The third-order valence-electron chi connectivity index (χ3n) is 6.45. The summed E-state index contributed by atoms with van der Waals surface area (Å²) >= 11 is 13.4. The van der Waals surface area contributed by atoms with Gasteiger partial charge in [0.2, 0.25) is 11.9 Å². The van der Waals surface area contributed by atoms with E-state index in [0.717, 1.165) is 10.9 Å². The van der Waals surface area contributed by atoms with E-state index in [-0.39, 0.29) is 11.8 Å². The first kappa shape index (κ1) is 27.2. The Balaban J connectivity index is 1.63. The van der Waals surface area contributed by atoms with E-state index in [0.29, 0.717) is 61.3 Å². The number of anilines is 3. The summed E-state index contributed by atoms with van der Waals surface area (Å²) in [6.07, 6.45) is 6.38. The average Bonchev–Trinajstić information content (AvgIpc) is 3.45. The largest absolute Gasteiger partial charge is 0.495 e. The van der Waals surface area contributed by atoms with Gasteiger partial charge >= 0.3 is 0 Å². The maximum Gasteiger partial charge on any atom is 0.247 e. The first-order chi connectivity index (χ1) is 19.2. The van der Waals surface area contributed by atoms with Gasteiger partial charge in [-0.05, 0) is 35.8 Å². The Labute approximate surface area is 240 Å². The highest BCUT2D eigenvalue weighted by Gasteiger charge is 2.22. The van der Waals surface area contributed by atoms with Gasteiger partial charge in [0.25, 0.3) is 0 Å².